The molecule has 2 heterocycles. The Morgan fingerprint density at radius 1 is 1.50 bits per heavy atom. The van der Waals surface area contributed by atoms with Gasteiger partial charge >= 0.3 is 0 Å². The maximum absolute atomic E-state index is 11.7. The van der Waals surface area contributed by atoms with E-state index in [1.807, 2.05) is 23.9 Å². The molecule has 0 atom stereocenters. The third-order valence-corrected chi connectivity index (χ3v) is 3.80. The molecule has 0 radical (unpaired) electrons. The summed E-state index contributed by atoms with van der Waals surface area (Å²) in [5.41, 5.74) is 0. The van der Waals surface area contributed by atoms with Gasteiger partial charge in [0.15, 0.2) is 5.16 Å². The molecule has 0 unspecified atom stereocenters. The third-order valence-electron chi connectivity index (χ3n) is 2.10. The highest BCUT2D eigenvalue weighted by molar-refractivity contribution is 14.1. The molecule has 0 spiro atoms. The Hall–Kier alpha value is -1.09. The van der Waals surface area contributed by atoms with Crippen molar-refractivity contribution in [2.24, 2.45) is 7.05 Å². The highest BCUT2D eigenvalue weighted by Gasteiger charge is 2.06. The van der Waals surface area contributed by atoms with Crippen LogP contribution in [-0.2, 0) is 11.8 Å². The first-order valence-corrected chi connectivity index (χ1v) is 7.23. The van der Waals surface area contributed by atoms with Crippen molar-refractivity contribution < 1.29 is 4.79 Å². The first kappa shape index (κ1) is 13.3. The van der Waals surface area contributed by atoms with Crippen LogP contribution in [0.1, 0.15) is 0 Å². The number of aromatic nitrogens is 3. The van der Waals surface area contributed by atoms with Gasteiger partial charge in [-0.25, -0.2) is 9.97 Å². The lowest BCUT2D eigenvalue weighted by atomic mass is 10.4. The van der Waals surface area contributed by atoms with Crippen LogP contribution in [0.4, 0.5) is 5.82 Å². The molecular weight excluding hydrogens is 363 g/mol. The predicted octanol–water partition coefficient (Wildman–Crippen LogP) is 2.15. The second-order valence-corrected chi connectivity index (χ2v) is 5.71. The molecule has 7 heteroatoms. The monoisotopic (exact) mass is 374 g/mol. The van der Waals surface area contributed by atoms with Crippen molar-refractivity contribution in [3.8, 4) is 0 Å². The van der Waals surface area contributed by atoms with Gasteiger partial charge in [0.2, 0.25) is 5.91 Å². The molecule has 2 aromatic heterocycles. The van der Waals surface area contributed by atoms with Gasteiger partial charge in [0, 0.05) is 29.2 Å². The highest BCUT2D eigenvalue weighted by Crippen LogP contribution is 2.14. The number of hydrogen-bond donors (Lipinski definition) is 1. The molecule has 0 aliphatic heterocycles. The van der Waals surface area contributed by atoms with E-state index in [0.29, 0.717) is 11.6 Å². The van der Waals surface area contributed by atoms with E-state index in [2.05, 4.69) is 37.9 Å². The fourth-order valence-corrected chi connectivity index (χ4v) is 2.30. The van der Waals surface area contributed by atoms with Crippen LogP contribution < -0.4 is 5.32 Å². The zero-order chi connectivity index (χ0) is 13.0. The molecule has 0 saturated carbocycles. The average Bonchev–Trinajstić information content (AvgIpc) is 2.75. The van der Waals surface area contributed by atoms with E-state index in [-0.39, 0.29) is 5.91 Å². The minimum atomic E-state index is -0.0864. The van der Waals surface area contributed by atoms with Gasteiger partial charge in [-0.05, 0) is 34.7 Å². The van der Waals surface area contributed by atoms with E-state index in [9.17, 15) is 4.79 Å². The second kappa shape index (κ2) is 6.19. The third kappa shape index (κ3) is 3.70. The number of hydrogen-bond acceptors (Lipinski definition) is 4. The summed E-state index contributed by atoms with van der Waals surface area (Å²) in [5.74, 6) is 0.802. The van der Waals surface area contributed by atoms with Crippen molar-refractivity contribution in [1.29, 1.82) is 0 Å². The lowest BCUT2D eigenvalue weighted by Crippen LogP contribution is -2.15. The second-order valence-electron chi connectivity index (χ2n) is 3.52. The molecule has 0 aliphatic rings. The van der Waals surface area contributed by atoms with Crippen LogP contribution in [0.25, 0.3) is 0 Å². The van der Waals surface area contributed by atoms with Crippen LogP contribution in [0.2, 0.25) is 0 Å². The van der Waals surface area contributed by atoms with Gasteiger partial charge in [-0.3, -0.25) is 4.79 Å². The fraction of sp³-hybridized carbons (Fsp3) is 0.182. The van der Waals surface area contributed by atoms with Crippen LogP contribution in [0.3, 0.4) is 0 Å². The molecule has 1 N–H and O–H groups in total. The molecule has 2 rings (SSSR count). The number of aryl methyl sites for hydroxylation is 1. The van der Waals surface area contributed by atoms with Crippen molar-refractivity contribution >= 4 is 46.1 Å². The van der Waals surface area contributed by atoms with Gasteiger partial charge in [-0.15, -0.1) is 0 Å². The topological polar surface area (TPSA) is 59.8 Å². The number of rotatable bonds is 4. The molecule has 0 saturated heterocycles. The summed E-state index contributed by atoms with van der Waals surface area (Å²) in [6.07, 6.45) is 5.27. The smallest absolute Gasteiger partial charge is 0.236 e. The Morgan fingerprint density at radius 3 is 2.94 bits per heavy atom. The molecule has 94 valence electrons. The number of imidazole rings is 1. The first-order chi connectivity index (χ1) is 8.65. The minimum Gasteiger partial charge on any atom is -0.329 e. The van der Waals surface area contributed by atoms with Crippen molar-refractivity contribution in [2.45, 2.75) is 5.16 Å². The van der Waals surface area contributed by atoms with Crippen molar-refractivity contribution in [1.82, 2.24) is 14.5 Å². The van der Waals surface area contributed by atoms with Gasteiger partial charge in [0.05, 0.1) is 5.75 Å². The number of carbonyl (C=O) groups is 1. The van der Waals surface area contributed by atoms with Crippen LogP contribution in [0, 0.1) is 3.57 Å². The largest absolute Gasteiger partial charge is 0.329 e. The van der Waals surface area contributed by atoms with Gasteiger partial charge in [0.1, 0.15) is 5.82 Å². The molecule has 0 fully saturated rings. The maximum atomic E-state index is 11.7. The van der Waals surface area contributed by atoms with Crippen molar-refractivity contribution in [3.63, 3.8) is 0 Å². The molecule has 18 heavy (non-hydrogen) atoms. The summed E-state index contributed by atoms with van der Waals surface area (Å²) >= 11 is 3.56. The summed E-state index contributed by atoms with van der Waals surface area (Å²) in [7, 11) is 1.90. The molecule has 2 aromatic rings. The lowest BCUT2D eigenvalue weighted by molar-refractivity contribution is -0.113. The van der Waals surface area contributed by atoms with Crippen LogP contribution >= 0.6 is 34.4 Å². The van der Waals surface area contributed by atoms with Gasteiger partial charge in [-0.1, -0.05) is 11.8 Å². The molecule has 0 aliphatic carbocycles. The number of thioether (sulfide) groups is 1. The van der Waals surface area contributed by atoms with Crippen molar-refractivity contribution in [3.05, 3.63) is 34.3 Å². The van der Waals surface area contributed by atoms with Gasteiger partial charge in [0.25, 0.3) is 0 Å². The zero-order valence-electron chi connectivity index (χ0n) is 9.63. The van der Waals surface area contributed by atoms with E-state index in [0.717, 1.165) is 8.73 Å². The number of amides is 1. The number of anilines is 1. The lowest BCUT2D eigenvalue weighted by Gasteiger charge is -2.04. The minimum absolute atomic E-state index is 0.0864. The number of carbonyl (C=O) groups excluding carboxylic acids is 1. The number of pyridine rings is 1. The molecular formula is C11H11IN4OS. The van der Waals surface area contributed by atoms with Gasteiger partial charge < -0.3 is 9.88 Å². The quantitative estimate of drug-likeness (QED) is 0.658. The van der Waals surface area contributed by atoms with E-state index in [1.54, 1.807) is 18.5 Å². The predicted molar refractivity (Wildman–Crippen MR) is 79.5 cm³/mol. The standard InChI is InChI=1S/C11H11IN4OS/c1-16-5-4-13-11(16)18-7-10(17)15-9-3-2-8(12)6-14-9/h2-6H,7H2,1H3,(H,14,15,17). The zero-order valence-corrected chi connectivity index (χ0v) is 12.6. The molecule has 0 aromatic carbocycles. The normalized spacial score (nSPS) is 10.3. The van der Waals surface area contributed by atoms with Crippen LogP contribution in [0.15, 0.2) is 35.9 Å². The van der Waals surface area contributed by atoms with E-state index in [4.69, 9.17) is 0 Å². The summed E-state index contributed by atoms with van der Waals surface area (Å²) < 4.78 is 2.91. The van der Waals surface area contributed by atoms with E-state index < -0.39 is 0 Å². The number of nitrogens with zero attached hydrogens (tertiary/aromatic N) is 3. The van der Waals surface area contributed by atoms with Crippen molar-refractivity contribution in [2.75, 3.05) is 11.1 Å². The molecule has 5 nitrogen and oxygen atoms in total. The Kier molecular flexibility index (Phi) is 4.59. The van der Waals surface area contributed by atoms with Gasteiger partial charge in [-0.2, -0.15) is 0 Å². The highest BCUT2D eigenvalue weighted by atomic mass is 127. The summed E-state index contributed by atoms with van der Waals surface area (Å²) in [6.45, 7) is 0. The van der Waals surface area contributed by atoms with Crippen LogP contribution in [0.5, 0.6) is 0 Å². The Morgan fingerprint density at radius 2 is 2.33 bits per heavy atom. The Bertz CT molecular complexity index is 540. The van der Waals surface area contributed by atoms with E-state index >= 15 is 0 Å². The van der Waals surface area contributed by atoms with Crippen LogP contribution in [-0.4, -0.2) is 26.2 Å². The summed E-state index contributed by atoms with van der Waals surface area (Å²) in [5, 5.41) is 3.56. The SMILES string of the molecule is Cn1ccnc1SCC(=O)Nc1ccc(I)cn1. The fourth-order valence-electron chi connectivity index (χ4n) is 1.25. The summed E-state index contributed by atoms with van der Waals surface area (Å²) in [6, 6.07) is 3.68. The molecule has 0 bridgehead atoms. The number of nitrogens with one attached hydrogen (secondary N) is 1. The summed E-state index contributed by atoms with van der Waals surface area (Å²) in [4.78, 5) is 19.9. The first-order valence-electron chi connectivity index (χ1n) is 5.16. The Balaban J connectivity index is 1.86. The van der Waals surface area contributed by atoms with E-state index in [1.165, 1.54) is 11.8 Å². The molecule has 1 amide bonds. The Labute approximate surface area is 123 Å². The maximum Gasteiger partial charge on any atom is 0.236 e. The number of halogens is 1. The average molecular weight is 374 g/mol.